The number of nitrogens with one attached hydrogen (secondary N) is 1. The summed E-state index contributed by atoms with van der Waals surface area (Å²) < 4.78 is 0. The number of carbonyl (C=O) groups is 1. The molecule has 0 aliphatic heterocycles. The monoisotopic (exact) mass is 320 g/mol. The van der Waals surface area contributed by atoms with E-state index in [0.29, 0.717) is 0 Å². The van der Waals surface area contributed by atoms with Gasteiger partial charge in [-0.15, -0.1) is 0 Å². The van der Waals surface area contributed by atoms with E-state index in [1.807, 2.05) is 30.3 Å². The fraction of sp³-hybridized carbons (Fsp3) is 0. The molecular weight excluding hydrogens is 308 g/mol. The second-order valence-corrected chi connectivity index (χ2v) is 4.93. The van der Waals surface area contributed by atoms with E-state index >= 15 is 0 Å². The first kappa shape index (κ1) is 15.3. The normalized spacial score (nSPS) is 10.8. The highest BCUT2D eigenvalue weighted by Crippen LogP contribution is 2.14. The van der Waals surface area contributed by atoms with Gasteiger partial charge in [-0.2, -0.15) is 5.10 Å². The fourth-order valence-corrected chi connectivity index (χ4v) is 2.22. The number of nitro benzene ring substituents is 1. The molecule has 0 spiro atoms. The van der Waals surface area contributed by atoms with Gasteiger partial charge in [-0.1, -0.05) is 30.3 Å². The van der Waals surface area contributed by atoms with Crippen molar-refractivity contribution in [2.24, 2.45) is 5.10 Å². The van der Waals surface area contributed by atoms with Crippen LogP contribution < -0.4 is 5.43 Å². The zero-order valence-corrected chi connectivity index (χ0v) is 12.4. The van der Waals surface area contributed by atoms with Gasteiger partial charge in [0.25, 0.3) is 11.6 Å². The lowest BCUT2D eigenvalue weighted by molar-refractivity contribution is -0.384. The van der Waals surface area contributed by atoms with Crippen LogP contribution in [0.15, 0.2) is 65.9 Å². The Kier molecular flexibility index (Phi) is 4.24. The summed E-state index contributed by atoms with van der Waals surface area (Å²) >= 11 is 0. The Balaban J connectivity index is 1.77. The molecule has 0 saturated heterocycles. The van der Waals surface area contributed by atoms with Gasteiger partial charge in [0.05, 0.1) is 16.7 Å². The Morgan fingerprint density at radius 1 is 1.17 bits per heavy atom. The van der Waals surface area contributed by atoms with Gasteiger partial charge in [0, 0.05) is 34.8 Å². The molecular formula is C17H12N4O3. The third-order valence-corrected chi connectivity index (χ3v) is 3.35. The van der Waals surface area contributed by atoms with E-state index in [1.54, 1.807) is 6.20 Å². The van der Waals surface area contributed by atoms with Crippen molar-refractivity contribution in [2.75, 3.05) is 0 Å². The number of carbonyl (C=O) groups excluding carboxylic acids is 1. The topological polar surface area (TPSA) is 97.5 Å². The van der Waals surface area contributed by atoms with E-state index in [9.17, 15) is 14.9 Å². The van der Waals surface area contributed by atoms with Gasteiger partial charge in [0.15, 0.2) is 0 Å². The van der Waals surface area contributed by atoms with Crippen LogP contribution in [0, 0.1) is 10.1 Å². The highest BCUT2D eigenvalue weighted by Gasteiger charge is 2.10. The largest absolute Gasteiger partial charge is 0.271 e. The molecule has 0 atom stereocenters. The molecule has 0 aliphatic rings. The summed E-state index contributed by atoms with van der Waals surface area (Å²) in [5, 5.41) is 15.6. The number of amides is 1. The molecule has 1 aromatic heterocycles. The number of fused-ring (bicyclic) bond motifs is 1. The number of hydrogen-bond donors (Lipinski definition) is 1. The lowest BCUT2D eigenvalue weighted by Crippen LogP contribution is -2.17. The molecule has 0 saturated carbocycles. The highest BCUT2D eigenvalue weighted by molar-refractivity contribution is 5.99. The minimum Gasteiger partial charge on any atom is -0.267 e. The van der Waals surface area contributed by atoms with Gasteiger partial charge < -0.3 is 0 Å². The molecule has 3 rings (SSSR count). The van der Waals surface area contributed by atoms with Crippen LogP contribution in [0.3, 0.4) is 0 Å². The van der Waals surface area contributed by atoms with Crippen molar-refractivity contribution in [2.45, 2.75) is 0 Å². The van der Waals surface area contributed by atoms with Gasteiger partial charge in [-0.05, 0) is 12.1 Å². The Bertz CT molecular complexity index is 948. The molecule has 1 N–H and O–H groups in total. The van der Waals surface area contributed by atoms with Crippen LogP contribution in [-0.2, 0) is 0 Å². The molecule has 0 bridgehead atoms. The molecule has 0 unspecified atom stereocenters. The summed E-state index contributed by atoms with van der Waals surface area (Å²) in [6, 6.07) is 14.9. The van der Waals surface area contributed by atoms with Crippen molar-refractivity contribution in [1.82, 2.24) is 10.4 Å². The average molecular weight is 320 g/mol. The third kappa shape index (κ3) is 3.25. The zero-order valence-electron chi connectivity index (χ0n) is 12.4. The predicted molar refractivity (Wildman–Crippen MR) is 89.9 cm³/mol. The number of benzene rings is 2. The number of rotatable bonds is 4. The summed E-state index contributed by atoms with van der Waals surface area (Å²) in [5.41, 5.74) is 3.90. The quantitative estimate of drug-likeness (QED) is 0.454. The van der Waals surface area contributed by atoms with Crippen LogP contribution in [-0.4, -0.2) is 22.0 Å². The van der Waals surface area contributed by atoms with Crippen LogP contribution >= 0.6 is 0 Å². The van der Waals surface area contributed by atoms with Crippen molar-refractivity contribution in [1.29, 1.82) is 0 Å². The molecule has 7 nitrogen and oxygen atoms in total. The number of para-hydroxylation sites is 1. The van der Waals surface area contributed by atoms with E-state index in [4.69, 9.17) is 0 Å². The second kappa shape index (κ2) is 6.66. The molecule has 0 aliphatic carbocycles. The minimum atomic E-state index is -0.554. The molecule has 2 aromatic carbocycles. The maximum atomic E-state index is 12.0. The molecule has 3 aromatic rings. The van der Waals surface area contributed by atoms with E-state index in [0.717, 1.165) is 16.5 Å². The molecule has 0 fully saturated rings. The van der Waals surface area contributed by atoms with Crippen LogP contribution in [0.25, 0.3) is 10.9 Å². The van der Waals surface area contributed by atoms with Crippen LogP contribution in [0.5, 0.6) is 0 Å². The molecule has 24 heavy (non-hydrogen) atoms. The number of non-ortho nitro benzene ring substituents is 1. The first-order valence-electron chi connectivity index (χ1n) is 7.07. The Morgan fingerprint density at radius 2 is 1.96 bits per heavy atom. The summed E-state index contributed by atoms with van der Waals surface area (Å²) in [7, 11) is 0. The molecule has 118 valence electrons. The third-order valence-electron chi connectivity index (χ3n) is 3.35. The lowest BCUT2D eigenvalue weighted by atomic mass is 10.1. The van der Waals surface area contributed by atoms with E-state index in [2.05, 4.69) is 15.5 Å². The van der Waals surface area contributed by atoms with E-state index < -0.39 is 10.8 Å². The van der Waals surface area contributed by atoms with Crippen LogP contribution in [0.1, 0.15) is 15.9 Å². The SMILES string of the molecule is O=C(NN=Cc1cccc2cccnc12)c1cccc([N+](=O)[O-])c1. The number of pyridine rings is 1. The number of hydrogen-bond acceptors (Lipinski definition) is 5. The number of nitro groups is 1. The van der Waals surface area contributed by atoms with E-state index in [1.165, 1.54) is 30.5 Å². The first-order chi connectivity index (χ1) is 11.6. The zero-order chi connectivity index (χ0) is 16.9. The van der Waals surface area contributed by atoms with Crippen LogP contribution in [0.2, 0.25) is 0 Å². The van der Waals surface area contributed by atoms with Crippen molar-refractivity contribution in [3.63, 3.8) is 0 Å². The Morgan fingerprint density at radius 3 is 2.79 bits per heavy atom. The van der Waals surface area contributed by atoms with Gasteiger partial charge in [-0.25, -0.2) is 5.43 Å². The van der Waals surface area contributed by atoms with Gasteiger partial charge in [-0.3, -0.25) is 19.9 Å². The Hall–Kier alpha value is -3.61. The smallest absolute Gasteiger partial charge is 0.267 e. The first-order valence-corrected chi connectivity index (χ1v) is 7.07. The molecule has 1 heterocycles. The second-order valence-electron chi connectivity index (χ2n) is 4.93. The van der Waals surface area contributed by atoms with Gasteiger partial charge in [0.1, 0.15) is 0 Å². The summed E-state index contributed by atoms with van der Waals surface area (Å²) in [6.07, 6.45) is 3.17. The average Bonchev–Trinajstić information content (AvgIpc) is 2.62. The summed E-state index contributed by atoms with van der Waals surface area (Å²) in [4.78, 5) is 26.5. The van der Waals surface area contributed by atoms with E-state index in [-0.39, 0.29) is 11.3 Å². The molecule has 0 radical (unpaired) electrons. The number of nitrogens with zero attached hydrogens (tertiary/aromatic N) is 3. The standard InChI is InChI=1S/C17H12N4O3/c22-17(13-5-2-8-15(10-13)21(23)24)20-19-11-14-6-1-4-12-7-3-9-18-16(12)14/h1-11H,(H,20,22). The van der Waals surface area contributed by atoms with Crippen molar-refractivity contribution < 1.29 is 9.72 Å². The van der Waals surface area contributed by atoms with Crippen molar-refractivity contribution >= 4 is 28.7 Å². The highest BCUT2D eigenvalue weighted by atomic mass is 16.6. The number of aromatic nitrogens is 1. The van der Waals surface area contributed by atoms with Gasteiger partial charge >= 0.3 is 0 Å². The van der Waals surface area contributed by atoms with Crippen LogP contribution in [0.4, 0.5) is 5.69 Å². The maximum absolute atomic E-state index is 12.0. The Labute approximate surface area is 136 Å². The summed E-state index contributed by atoms with van der Waals surface area (Å²) in [5.74, 6) is -0.525. The minimum absolute atomic E-state index is 0.148. The van der Waals surface area contributed by atoms with Crippen molar-refractivity contribution in [3.05, 3.63) is 82.0 Å². The molecule has 7 heteroatoms. The molecule has 1 amide bonds. The van der Waals surface area contributed by atoms with Crippen molar-refractivity contribution in [3.8, 4) is 0 Å². The fourth-order valence-electron chi connectivity index (χ4n) is 2.22. The summed E-state index contributed by atoms with van der Waals surface area (Å²) in [6.45, 7) is 0. The number of hydrazone groups is 1. The predicted octanol–water partition coefficient (Wildman–Crippen LogP) is 2.91. The van der Waals surface area contributed by atoms with Gasteiger partial charge in [0.2, 0.25) is 0 Å². The maximum Gasteiger partial charge on any atom is 0.271 e. The lowest BCUT2D eigenvalue weighted by Gasteiger charge is -2.01.